The maximum atomic E-state index is 15.0. The Morgan fingerprint density at radius 2 is 1.74 bits per heavy atom. The number of nitrogens with zero attached hydrogens (tertiary/aromatic N) is 2. The number of pyridine rings is 1. The summed E-state index contributed by atoms with van der Waals surface area (Å²) in [5.41, 5.74) is 1.96. The summed E-state index contributed by atoms with van der Waals surface area (Å²) < 4.78 is 40.5. The number of benzene rings is 2. The number of esters is 1. The number of hydrogen-bond donors (Lipinski definition) is 1. The molecule has 5 rings (SSSR count). The number of hydrogen-bond acceptors (Lipinski definition) is 6. The standard InChI is InChI=1S/C32H35F2N3O5Si/c1-41-27-11-10-22-26(36-27)12-13-37(29(22)31(39)35-21-16-24(33)30(25(34)17-21)43(2,3)4)32(40)23-14-20(23)15-28(38)42-18-19-8-6-5-7-9-19/h5-11,16-17,20,23,29H,12-15,18H2,1-4H3,(H,35,39)/t20-,23+,29?/m1/s1. The Hall–Kier alpha value is -4.12. The highest BCUT2D eigenvalue weighted by atomic mass is 28.3. The van der Waals surface area contributed by atoms with Crippen molar-refractivity contribution in [2.45, 2.75) is 51.6 Å². The van der Waals surface area contributed by atoms with Crippen LogP contribution >= 0.6 is 0 Å². The van der Waals surface area contributed by atoms with Crippen molar-refractivity contribution >= 4 is 36.7 Å². The summed E-state index contributed by atoms with van der Waals surface area (Å²) in [6.45, 7) is 5.88. The smallest absolute Gasteiger partial charge is 0.306 e. The van der Waals surface area contributed by atoms with Crippen molar-refractivity contribution in [1.82, 2.24) is 9.88 Å². The predicted molar refractivity (Wildman–Crippen MR) is 159 cm³/mol. The lowest BCUT2D eigenvalue weighted by molar-refractivity contribution is -0.146. The van der Waals surface area contributed by atoms with Gasteiger partial charge in [0.1, 0.15) is 24.3 Å². The molecule has 2 aromatic carbocycles. The lowest BCUT2D eigenvalue weighted by Gasteiger charge is -2.36. The summed E-state index contributed by atoms with van der Waals surface area (Å²) in [6, 6.07) is 13.8. The van der Waals surface area contributed by atoms with Crippen molar-refractivity contribution in [3.8, 4) is 5.88 Å². The molecule has 43 heavy (non-hydrogen) atoms. The molecule has 1 unspecified atom stereocenters. The van der Waals surface area contributed by atoms with Crippen molar-refractivity contribution in [3.63, 3.8) is 0 Å². The number of halogens is 2. The summed E-state index contributed by atoms with van der Waals surface area (Å²) in [5, 5.41) is 2.69. The topological polar surface area (TPSA) is 97.8 Å². The van der Waals surface area contributed by atoms with Gasteiger partial charge in [-0.05, 0) is 36.1 Å². The van der Waals surface area contributed by atoms with Gasteiger partial charge in [-0.3, -0.25) is 14.4 Å². The second kappa shape index (κ2) is 12.2. The summed E-state index contributed by atoms with van der Waals surface area (Å²) >= 11 is 0. The molecule has 226 valence electrons. The van der Waals surface area contributed by atoms with Gasteiger partial charge in [0.15, 0.2) is 0 Å². The van der Waals surface area contributed by atoms with E-state index >= 15 is 0 Å². The average molecular weight is 608 g/mol. The van der Waals surface area contributed by atoms with Gasteiger partial charge in [-0.15, -0.1) is 0 Å². The van der Waals surface area contributed by atoms with Gasteiger partial charge in [-0.1, -0.05) is 50.0 Å². The fraction of sp³-hybridized carbons (Fsp3) is 0.375. The van der Waals surface area contributed by atoms with Crippen molar-refractivity contribution in [2.24, 2.45) is 11.8 Å². The number of anilines is 1. The monoisotopic (exact) mass is 607 g/mol. The highest BCUT2D eigenvalue weighted by molar-refractivity contribution is 6.88. The first kappa shape index (κ1) is 30.3. The number of carbonyl (C=O) groups excluding carboxylic acids is 3. The molecule has 1 aromatic heterocycles. The van der Waals surface area contributed by atoms with Crippen LogP contribution in [0.25, 0.3) is 0 Å². The summed E-state index contributed by atoms with van der Waals surface area (Å²) in [4.78, 5) is 45.9. The number of fused-ring (bicyclic) bond motifs is 1. The normalized spacial score (nSPS) is 19.3. The number of carbonyl (C=O) groups is 3. The molecular weight excluding hydrogens is 572 g/mol. The molecule has 1 saturated carbocycles. The molecule has 1 aliphatic carbocycles. The number of methoxy groups -OCH3 is 1. The third-order valence-electron chi connectivity index (χ3n) is 7.89. The second-order valence-corrected chi connectivity index (χ2v) is 17.1. The number of aromatic nitrogens is 1. The Labute approximate surface area is 250 Å². The first-order valence-corrected chi connectivity index (χ1v) is 17.8. The molecular formula is C32H35F2N3O5Si. The molecule has 2 heterocycles. The Balaban J connectivity index is 1.33. The van der Waals surface area contributed by atoms with Crippen LogP contribution < -0.4 is 15.2 Å². The van der Waals surface area contributed by atoms with E-state index in [9.17, 15) is 23.2 Å². The number of nitrogens with one attached hydrogen (secondary N) is 1. The molecule has 1 fully saturated rings. The SMILES string of the molecule is COc1ccc2c(n1)CCN(C(=O)[C@H]1C[C@@H]1CC(=O)OCc1ccccc1)C2C(=O)Nc1cc(F)c([Si](C)(C)C)c(F)c1. The molecule has 0 saturated heterocycles. The zero-order chi connectivity index (χ0) is 30.9. The van der Waals surface area contributed by atoms with Gasteiger partial charge >= 0.3 is 5.97 Å². The van der Waals surface area contributed by atoms with Crippen molar-refractivity contribution < 1.29 is 32.6 Å². The van der Waals surface area contributed by atoms with E-state index in [0.29, 0.717) is 30.0 Å². The molecule has 8 nitrogen and oxygen atoms in total. The minimum atomic E-state index is -2.32. The van der Waals surface area contributed by atoms with E-state index in [4.69, 9.17) is 9.47 Å². The number of rotatable bonds is 9. The van der Waals surface area contributed by atoms with Gasteiger partial charge in [0.2, 0.25) is 11.8 Å². The Morgan fingerprint density at radius 3 is 2.40 bits per heavy atom. The predicted octanol–water partition coefficient (Wildman–Crippen LogP) is 4.75. The third kappa shape index (κ3) is 6.77. The quantitative estimate of drug-likeness (QED) is 0.279. The van der Waals surface area contributed by atoms with Crippen LogP contribution in [0.2, 0.25) is 19.6 Å². The lowest BCUT2D eigenvalue weighted by atomic mass is 9.95. The van der Waals surface area contributed by atoms with E-state index in [0.717, 1.165) is 17.7 Å². The number of ether oxygens (including phenoxy) is 2. The minimum Gasteiger partial charge on any atom is -0.481 e. The fourth-order valence-electron chi connectivity index (χ4n) is 5.67. The van der Waals surface area contributed by atoms with E-state index < -0.39 is 37.6 Å². The van der Waals surface area contributed by atoms with Crippen LogP contribution in [-0.2, 0) is 32.1 Å². The first-order chi connectivity index (χ1) is 20.5. The molecule has 3 atom stereocenters. The van der Waals surface area contributed by atoms with Crippen molar-refractivity contribution in [2.75, 3.05) is 19.0 Å². The third-order valence-corrected chi connectivity index (χ3v) is 9.87. The second-order valence-electron chi connectivity index (χ2n) is 12.1. The molecule has 1 N–H and O–H groups in total. The summed E-state index contributed by atoms with van der Waals surface area (Å²) in [6.07, 6.45) is 1.00. The minimum absolute atomic E-state index is 0.0338. The van der Waals surface area contributed by atoms with Crippen LogP contribution in [0.5, 0.6) is 5.88 Å². The van der Waals surface area contributed by atoms with Crippen LogP contribution in [0.15, 0.2) is 54.6 Å². The van der Waals surface area contributed by atoms with E-state index in [1.54, 1.807) is 12.1 Å². The van der Waals surface area contributed by atoms with Gasteiger partial charge in [0.25, 0.3) is 5.91 Å². The Morgan fingerprint density at radius 1 is 1.05 bits per heavy atom. The summed E-state index contributed by atoms with van der Waals surface area (Å²) in [7, 11) is -0.827. The molecule has 0 bridgehead atoms. The largest absolute Gasteiger partial charge is 0.481 e. The molecule has 1 aliphatic heterocycles. The van der Waals surface area contributed by atoms with E-state index in [2.05, 4.69) is 10.3 Å². The molecule has 2 amide bonds. The maximum Gasteiger partial charge on any atom is 0.306 e. The van der Waals surface area contributed by atoms with Gasteiger partial charge in [0.05, 0.1) is 20.9 Å². The molecule has 2 aliphatic rings. The fourth-order valence-corrected chi connectivity index (χ4v) is 7.25. The first-order valence-electron chi connectivity index (χ1n) is 14.3. The highest BCUT2D eigenvalue weighted by Gasteiger charge is 2.49. The van der Waals surface area contributed by atoms with E-state index in [1.807, 2.05) is 50.0 Å². The maximum absolute atomic E-state index is 15.0. The van der Waals surface area contributed by atoms with Crippen molar-refractivity contribution in [1.29, 1.82) is 0 Å². The molecule has 0 spiro atoms. The van der Waals surface area contributed by atoms with Crippen LogP contribution in [0.3, 0.4) is 0 Å². The van der Waals surface area contributed by atoms with Crippen LogP contribution in [0.4, 0.5) is 14.5 Å². The van der Waals surface area contributed by atoms with Crippen LogP contribution in [-0.4, -0.2) is 49.4 Å². The Kier molecular flexibility index (Phi) is 8.63. The van der Waals surface area contributed by atoms with Crippen molar-refractivity contribution in [3.05, 3.63) is 83.1 Å². The van der Waals surface area contributed by atoms with Gasteiger partial charge in [-0.2, -0.15) is 0 Å². The van der Waals surface area contributed by atoms with Crippen LogP contribution in [0, 0.1) is 23.5 Å². The molecule has 3 aromatic rings. The highest BCUT2D eigenvalue weighted by Crippen LogP contribution is 2.45. The zero-order valence-electron chi connectivity index (χ0n) is 24.7. The van der Waals surface area contributed by atoms with E-state index in [1.165, 1.54) is 12.0 Å². The number of amides is 2. The van der Waals surface area contributed by atoms with E-state index in [-0.39, 0.29) is 48.2 Å². The average Bonchev–Trinajstić information content (AvgIpc) is 3.72. The molecule has 0 radical (unpaired) electrons. The van der Waals surface area contributed by atoms with Crippen LogP contribution in [0.1, 0.15) is 35.7 Å². The van der Waals surface area contributed by atoms with Gasteiger partial charge in [-0.25, -0.2) is 13.8 Å². The lowest BCUT2D eigenvalue weighted by Crippen LogP contribution is -2.46. The van der Waals surface area contributed by atoms with Gasteiger partial charge < -0.3 is 19.7 Å². The molecule has 11 heteroatoms. The Bertz CT molecular complexity index is 1520. The van der Waals surface area contributed by atoms with Gasteiger partial charge in [0, 0.05) is 47.8 Å². The zero-order valence-corrected chi connectivity index (χ0v) is 25.7. The summed E-state index contributed by atoms with van der Waals surface area (Å²) in [5.74, 6) is -2.92.